The molecule has 0 aromatic carbocycles. The lowest BCUT2D eigenvalue weighted by atomic mass is 9.96. The summed E-state index contributed by atoms with van der Waals surface area (Å²) in [5.41, 5.74) is 0. The zero-order chi connectivity index (χ0) is 56.7. The number of carbonyl (C=O) groups is 6. The SMILES string of the molecule is CC(=O)NC1C[C@@H](O)C(CO)O[C@@H]1O[C@H]1C(CO)O[C@H](O)C(NC(=O)OCCCCCCCCCCOC(=O)CCCCCCCCCCC(=O)OCCCCCCCCCCOC(=O)C[N+](C)(C)CCOC(C)=O)[C@@H]1O. The zero-order valence-electron chi connectivity index (χ0n) is 47.1. The lowest BCUT2D eigenvalue weighted by Crippen LogP contribution is -2.67. The van der Waals surface area contributed by atoms with Gasteiger partial charge in [0.25, 0.3) is 0 Å². The van der Waals surface area contributed by atoms with Crippen molar-refractivity contribution in [3.63, 3.8) is 0 Å². The van der Waals surface area contributed by atoms with E-state index in [9.17, 15) is 54.3 Å². The van der Waals surface area contributed by atoms with Gasteiger partial charge in [0.2, 0.25) is 5.91 Å². The molecule has 2 aliphatic heterocycles. The first kappa shape index (κ1) is 69.4. The fourth-order valence-corrected chi connectivity index (χ4v) is 9.21. The van der Waals surface area contributed by atoms with Gasteiger partial charge in [-0.1, -0.05) is 116 Å². The van der Waals surface area contributed by atoms with Crippen LogP contribution >= 0.6 is 0 Å². The number of carbonyl (C=O) groups excluding carboxylic acids is 6. The average molecular weight is 1110 g/mol. The summed E-state index contributed by atoms with van der Waals surface area (Å²) in [4.78, 5) is 71.7. The standard InChI is InChI=1S/C55H99N3O19/c1-41(61)56-43-37-44(63)45(39-59)76-54(43)77-52-46(40-60)75-53(68)50(51(52)67)57-55(69)74-35-28-22-16-10-9-14-20-26-33-72-48(65)30-24-18-12-6-5-11-17-23-29-47(64)71-32-25-19-13-7-8-15-21-27-34-73-49(66)38-58(3,4)31-36-70-42(2)62/h43-46,50-54,59-60,63,67-68H,5-40H2,1-4H3,(H-,56,57,61,69)/p+1/t43?,44-,45?,46?,50?,51+,52+,53+,54-/m1/s1. The van der Waals surface area contributed by atoms with Crippen molar-refractivity contribution in [3.8, 4) is 0 Å². The van der Waals surface area contributed by atoms with Crippen LogP contribution in [0.4, 0.5) is 4.79 Å². The van der Waals surface area contributed by atoms with Gasteiger partial charge in [0.1, 0.15) is 43.6 Å². The highest BCUT2D eigenvalue weighted by molar-refractivity contribution is 5.73. The lowest BCUT2D eigenvalue weighted by molar-refractivity contribution is -0.883. The number of rotatable bonds is 44. The van der Waals surface area contributed by atoms with Crippen LogP contribution in [0, 0.1) is 0 Å². The van der Waals surface area contributed by atoms with Gasteiger partial charge in [-0.25, -0.2) is 9.59 Å². The largest absolute Gasteiger partial charge is 0.466 e. The maximum absolute atomic E-state index is 12.6. The minimum Gasteiger partial charge on any atom is -0.466 e. The number of aliphatic hydroxyl groups excluding tert-OH is 5. The molecule has 2 aliphatic rings. The Labute approximate surface area is 457 Å². The summed E-state index contributed by atoms with van der Waals surface area (Å²) in [7, 11) is 3.82. The van der Waals surface area contributed by atoms with Crippen LogP contribution in [0.2, 0.25) is 0 Å². The van der Waals surface area contributed by atoms with Gasteiger partial charge in [-0.05, 0) is 38.5 Å². The Morgan fingerprint density at radius 1 is 0.519 bits per heavy atom. The number of quaternary nitrogens is 1. The molecule has 4 unspecified atom stereocenters. The van der Waals surface area contributed by atoms with Crippen molar-refractivity contribution in [1.29, 1.82) is 0 Å². The van der Waals surface area contributed by atoms with Gasteiger partial charge in [0, 0.05) is 33.1 Å². The first-order valence-corrected chi connectivity index (χ1v) is 28.8. The van der Waals surface area contributed by atoms with Crippen LogP contribution in [0.1, 0.15) is 187 Å². The van der Waals surface area contributed by atoms with E-state index in [0.717, 1.165) is 148 Å². The van der Waals surface area contributed by atoms with E-state index < -0.39 is 80.4 Å². The Morgan fingerprint density at radius 2 is 0.948 bits per heavy atom. The lowest BCUT2D eigenvalue weighted by Gasteiger charge is -2.46. The van der Waals surface area contributed by atoms with Gasteiger partial charge in [0.15, 0.2) is 19.1 Å². The van der Waals surface area contributed by atoms with Crippen molar-refractivity contribution in [2.75, 3.05) is 73.4 Å². The van der Waals surface area contributed by atoms with E-state index in [0.29, 0.717) is 50.1 Å². The molecule has 9 atom stereocenters. The first-order chi connectivity index (χ1) is 37.0. The summed E-state index contributed by atoms with van der Waals surface area (Å²) in [6.07, 6.45) is 14.3. The van der Waals surface area contributed by atoms with E-state index in [-0.39, 0.29) is 50.1 Å². The number of nitrogens with zero attached hydrogens (tertiary/aromatic N) is 1. The highest BCUT2D eigenvalue weighted by Gasteiger charge is 2.49. The Kier molecular flexibility index (Phi) is 38.0. The van der Waals surface area contributed by atoms with Gasteiger partial charge < -0.3 is 78.5 Å². The molecule has 7 N–H and O–H groups in total. The van der Waals surface area contributed by atoms with Crippen LogP contribution in [0.5, 0.6) is 0 Å². The number of unbranched alkanes of at least 4 members (excludes halogenated alkanes) is 21. The Hall–Kier alpha value is -3.74. The molecule has 2 heterocycles. The molecule has 2 amide bonds. The molecular formula is C55H100N3O19+. The van der Waals surface area contributed by atoms with E-state index in [2.05, 4.69) is 10.6 Å². The molecule has 0 aliphatic carbocycles. The molecule has 2 rings (SSSR count). The van der Waals surface area contributed by atoms with Crippen molar-refractivity contribution in [3.05, 3.63) is 0 Å². The van der Waals surface area contributed by atoms with E-state index in [1.807, 2.05) is 14.1 Å². The smallest absolute Gasteiger partial charge is 0.407 e. The van der Waals surface area contributed by atoms with Gasteiger partial charge in [-0.15, -0.1) is 0 Å². The molecule has 22 nitrogen and oxygen atoms in total. The number of esters is 4. The van der Waals surface area contributed by atoms with Gasteiger partial charge in [0.05, 0.1) is 65.9 Å². The Balaban J connectivity index is 1.34. The molecule has 2 saturated heterocycles. The third-order valence-electron chi connectivity index (χ3n) is 13.7. The second-order valence-electron chi connectivity index (χ2n) is 21.3. The summed E-state index contributed by atoms with van der Waals surface area (Å²) in [6.45, 7) is 3.94. The normalized spacial score (nSPS) is 22.4. The fourth-order valence-electron chi connectivity index (χ4n) is 9.21. The van der Waals surface area contributed by atoms with Crippen molar-refractivity contribution < 1.29 is 96.7 Å². The highest BCUT2D eigenvalue weighted by Crippen LogP contribution is 2.29. The molecule has 0 bridgehead atoms. The molecule has 0 saturated carbocycles. The molecule has 77 heavy (non-hydrogen) atoms. The van der Waals surface area contributed by atoms with Crippen LogP contribution in [0.3, 0.4) is 0 Å². The number of likely N-dealkylation sites (N-methyl/N-ethyl adjacent to an activating group) is 1. The Bertz CT molecular complexity index is 1630. The number of nitrogens with one attached hydrogen (secondary N) is 2. The summed E-state index contributed by atoms with van der Waals surface area (Å²) in [5.74, 6) is -1.25. The van der Waals surface area contributed by atoms with Gasteiger partial charge in [-0.3, -0.25) is 19.2 Å². The minimum absolute atomic E-state index is 0.0293. The second kappa shape index (κ2) is 42.2. The Morgan fingerprint density at radius 3 is 1.39 bits per heavy atom. The van der Waals surface area contributed by atoms with E-state index in [1.54, 1.807) is 0 Å². The first-order valence-electron chi connectivity index (χ1n) is 28.8. The molecule has 0 spiro atoms. The third kappa shape index (κ3) is 33.5. The second-order valence-corrected chi connectivity index (χ2v) is 21.3. The maximum atomic E-state index is 12.6. The number of amides is 2. The molecule has 448 valence electrons. The molecule has 22 heteroatoms. The van der Waals surface area contributed by atoms with Crippen LogP contribution in [-0.4, -0.2) is 195 Å². The monoisotopic (exact) mass is 1110 g/mol. The van der Waals surface area contributed by atoms with Crippen molar-refractivity contribution >= 4 is 35.9 Å². The number of alkyl carbamates (subject to hydrolysis) is 1. The quantitative estimate of drug-likeness (QED) is 0.0184. The molecular weight excluding hydrogens is 1010 g/mol. The maximum Gasteiger partial charge on any atom is 0.407 e. The van der Waals surface area contributed by atoms with E-state index in [1.165, 1.54) is 13.8 Å². The van der Waals surface area contributed by atoms with Crippen molar-refractivity contribution in [2.45, 2.75) is 242 Å². The fraction of sp³-hybridized carbons (Fsp3) is 0.891. The van der Waals surface area contributed by atoms with Crippen molar-refractivity contribution in [1.82, 2.24) is 10.6 Å². The number of hydrogen-bond acceptors (Lipinski definition) is 19. The number of hydrogen-bond donors (Lipinski definition) is 7. The van der Waals surface area contributed by atoms with Crippen molar-refractivity contribution in [2.24, 2.45) is 0 Å². The topological polar surface area (TPSA) is 301 Å². The van der Waals surface area contributed by atoms with Crippen LogP contribution in [0.25, 0.3) is 0 Å². The van der Waals surface area contributed by atoms with Crippen LogP contribution < -0.4 is 10.6 Å². The summed E-state index contributed by atoms with van der Waals surface area (Å²) < 4.78 is 43.8. The highest BCUT2D eigenvalue weighted by atomic mass is 16.7. The van der Waals surface area contributed by atoms with E-state index in [4.69, 9.17) is 37.9 Å². The third-order valence-corrected chi connectivity index (χ3v) is 13.7. The summed E-state index contributed by atoms with van der Waals surface area (Å²) in [5, 5.41) is 56.5. The molecule has 0 aromatic rings. The van der Waals surface area contributed by atoms with E-state index >= 15 is 0 Å². The average Bonchev–Trinajstić information content (AvgIpc) is 3.37. The predicted molar refractivity (Wildman–Crippen MR) is 282 cm³/mol. The van der Waals surface area contributed by atoms with Crippen LogP contribution in [-0.2, 0) is 61.9 Å². The number of aliphatic hydroxyl groups is 5. The number of ether oxygens (including phenoxy) is 8. The summed E-state index contributed by atoms with van der Waals surface area (Å²) in [6, 6.07) is -2.28. The van der Waals surface area contributed by atoms with Gasteiger partial charge in [-0.2, -0.15) is 0 Å². The zero-order valence-corrected chi connectivity index (χ0v) is 47.1. The van der Waals surface area contributed by atoms with Crippen LogP contribution in [0.15, 0.2) is 0 Å². The molecule has 0 radical (unpaired) electrons. The molecule has 0 aromatic heterocycles. The predicted octanol–water partition coefficient (Wildman–Crippen LogP) is 4.92. The molecule has 2 fully saturated rings. The van der Waals surface area contributed by atoms with Gasteiger partial charge >= 0.3 is 30.0 Å². The minimum atomic E-state index is -1.71. The summed E-state index contributed by atoms with van der Waals surface area (Å²) >= 11 is 0.